The molecule has 9 aromatic heterocycles. The van der Waals surface area contributed by atoms with Crippen LogP contribution in [0.2, 0.25) is 0 Å². The molecule has 0 bridgehead atoms. The Morgan fingerprint density at radius 3 is 0.683 bits per heavy atom. The molecule has 0 radical (unpaired) electrons. The third kappa shape index (κ3) is 15.0. The lowest BCUT2D eigenvalue weighted by atomic mass is 10.1. The molecule has 28 aromatic rings. The summed E-state index contributed by atoms with van der Waals surface area (Å²) in [6, 6.07) is 165. The van der Waals surface area contributed by atoms with Crippen molar-refractivity contribution in [3.63, 3.8) is 0 Å². The van der Waals surface area contributed by atoms with Gasteiger partial charge in [0.25, 0.3) is 0 Å². The molecule has 0 N–H and O–H groups in total. The fourth-order valence-electron chi connectivity index (χ4n) is 20.2. The lowest BCUT2D eigenvalue weighted by molar-refractivity contribution is 0.953. The van der Waals surface area contributed by atoms with Crippen LogP contribution in [0.1, 0.15) is 0 Å². The lowest BCUT2D eigenvalue weighted by Crippen LogP contribution is -2.06. The fraction of sp³-hybridized carbons (Fsp3) is 0. The topological polar surface area (TPSA) is 133 Å². The summed E-state index contributed by atoms with van der Waals surface area (Å²) in [4.78, 5) is 41.0. The minimum atomic E-state index is 0.583. The second-order valence-corrected chi connectivity index (χ2v) is 34.7. The highest BCUT2D eigenvalue weighted by Gasteiger charge is 2.27. The van der Waals surface area contributed by atoms with Crippen LogP contribution in [-0.2, 0) is 0 Å². The van der Waals surface area contributed by atoms with Gasteiger partial charge in [-0.2, -0.15) is 19.9 Å². The number of nitrogens with zero attached hydrogens (tertiary/aromatic N) is 14. The maximum absolute atomic E-state index is 5.22. The van der Waals surface area contributed by atoms with Gasteiger partial charge in [0.1, 0.15) is 0 Å². The van der Waals surface area contributed by atoms with E-state index in [4.69, 9.17) is 52.7 Å². The van der Waals surface area contributed by atoms with E-state index in [1.165, 1.54) is 65.0 Å². The molecule has 0 saturated carbocycles. The van der Waals surface area contributed by atoms with Crippen LogP contribution in [0.15, 0.2) is 473 Å². The molecule has 28 rings (SSSR count). The standard InChI is InChI=1S/C43H27N5.C40H26N4.C39H25N5.C6H2/c1-3-14-29(15-4-1)41-44-42(31-24-23-28-13-7-8-16-30(28)25-31)46-43(45-41)48-38-22-12-10-20-34(38)36-26-35-33-19-9-11-21-37(33)47(39(35)27-40(36)48)32-17-5-2-6-18-32;1-4-14-27(15-5-1)34-25-35(28-16-6-2-7-17-28)42-40(41-34)44-37-23-13-11-21-31(37)33-24-32-30-20-10-12-22-36(30)43(38(32)26-39(33)44)29-18-8-3-9-19-29;1-4-14-26(15-5-1)37-40-38(27-16-6-2-7-17-27)42-39(41-37)44-34-23-13-11-21-30(34)32-24-31-29-20-10-12-22-33(29)43(35(31)25-36(32)44)28-18-8-3-9-19-28;1-3-5-6-4-2/h1-27H;1-26H;1-25H;1-2H. The molecule has 0 atom stereocenters. The smallest absolute Gasteiger partial charge is 0.238 e. The van der Waals surface area contributed by atoms with Gasteiger partial charge in [-0.3, -0.25) is 13.7 Å². The van der Waals surface area contributed by atoms with Crippen molar-refractivity contribution in [2.75, 3.05) is 0 Å². The highest BCUT2D eigenvalue weighted by atomic mass is 15.2. The zero-order valence-electron chi connectivity index (χ0n) is 76.4. The van der Waals surface area contributed by atoms with E-state index in [1.54, 1.807) is 0 Å². The molecule has 0 aliphatic heterocycles. The zero-order chi connectivity index (χ0) is 94.5. The normalized spacial score (nSPS) is 11.3. The fourth-order valence-corrected chi connectivity index (χ4v) is 20.2. The summed E-state index contributed by atoms with van der Waals surface area (Å²) in [5.74, 6) is 13.0. The maximum Gasteiger partial charge on any atom is 0.238 e. The van der Waals surface area contributed by atoms with E-state index in [0.29, 0.717) is 41.1 Å². The molecular weight excluding hydrogens is 1730 g/mol. The molecular formula is C128H80N14. The van der Waals surface area contributed by atoms with Crippen molar-refractivity contribution in [3.8, 4) is 140 Å². The van der Waals surface area contributed by atoms with Gasteiger partial charge in [0.05, 0.1) is 77.6 Å². The first-order valence-corrected chi connectivity index (χ1v) is 47.0. The lowest BCUT2D eigenvalue weighted by Gasteiger charge is -2.12. The molecule has 0 amide bonds. The molecule has 0 aliphatic carbocycles. The Labute approximate surface area is 816 Å². The first-order chi connectivity index (χ1) is 70.4. The average molecular weight is 1810 g/mol. The number of hydrogen-bond donors (Lipinski definition) is 0. The Morgan fingerprint density at radius 2 is 0.387 bits per heavy atom. The molecule has 19 aromatic carbocycles. The van der Waals surface area contributed by atoms with Crippen molar-refractivity contribution in [3.05, 3.63) is 473 Å². The van der Waals surface area contributed by atoms with Crippen molar-refractivity contribution >= 4 is 142 Å². The number of hydrogen-bond acceptors (Lipinski definition) is 8. The summed E-state index contributed by atoms with van der Waals surface area (Å²) >= 11 is 0. The van der Waals surface area contributed by atoms with E-state index in [0.717, 1.165) is 138 Å². The predicted molar refractivity (Wildman–Crippen MR) is 583 cm³/mol. The summed E-state index contributed by atoms with van der Waals surface area (Å²) < 4.78 is 13.7. The van der Waals surface area contributed by atoms with E-state index in [1.807, 2.05) is 91.0 Å². The average Bonchev–Trinajstić information content (AvgIpc) is 1.56. The molecule has 662 valence electrons. The summed E-state index contributed by atoms with van der Waals surface area (Å²) in [6.07, 6.45) is 9.39. The van der Waals surface area contributed by atoms with Crippen LogP contribution in [0.3, 0.4) is 0 Å². The summed E-state index contributed by atoms with van der Waals surface area (Å²) in [5, 5.41) is 16.6. The number of para-hydroxylation sites is 9. The van der Waals surface area contributed by atoms with Gasteiger partial charge in [0.2, 0.25) is 17.8 Å². The molecule has 142 heavy (non-hydrogen) atoms. The Bertz CT molecular complexity index is 9450. The Hall–Kier alpha value is -20.0. The quantitative estimate of drug-likeness (QED) is 0.110. The first-order valence-electron chi connectivity index (χ1n) is 47.0. The van der Waals surface area contributed by atoms with Gasteiger partial charge < -0.3 is 13.7 Å². The van der Waals surface area contributed by atoms with Crippen molar-refractivity contribution in [1.82, 2.24) is 67.3 Å². The second kappa shape index (κ2) is 36.0. The van der Waals surface area contributed by atoms with Gasteiger partial charge >= 0.3 is 0 Å². The van der Waals surface area contributed by atoms with Crippen molar-refractivity contribution in [2.24, 2.45) is 0 Å². The van der Waals surface area contributed by atoms with E-state index in [9.17, 15) is 0 Å². The zero-order valence-corrected chi connectivity index (χ0v) is 76.4. The number of rotatable bonds is 12. The monoisotopic (exact) mass is 1810 g/mol. The molecule has 0 aliphatic rings. The van der Waals surface area contributed by atoms with Crippen molar-refractivity contribution < 1.29 is 0 Å². The Balaban J connectivity index is 0.000000109. The van der Waals surface area contributed by atoms with E-state index in [2.05, 4.69) is 433 Å². The van der Waals surface area contributed by atoms with Gasteiger partial charge in [-0.05, 0) is 156 Å². The minimum absolute atomic E-state index is 0.583. The number of terminal acetylenes is 2. The van der Waals surface area contributed by atoms with Crippen molar-refractivity contribution in [1.29, 1.82) is 0 Å². The van der Waals surface area contributed by atoms with E-state index >= 15 is 0 Å². The van der Waals surface area contributed by atoms with Gasteiger partial charge in [0, 0.05) is 115 Å². The molecule has 0 saturated heterocycles. The van der Waals surface area contributed by atoms with Crippen LogP contribution >= 0.6 is 0 Å². The summed E-state index contributed by atoms with van der Waals surface area (Å²) in [7, 11) is 0. The van der Waals surface area contributed by atoms with Crippen LogP contribution in [0.25, 0.3) is 245 Å². The minimum Gasteiger partial charge on any atom is -0.309 e. The molecule has 0 unspecified atom stereocenters. The molecule has 14 nitrogen and oxygen atoms in total. The van der Waals surface area contributed by atoms with Crippen molar-refractivity contribution in [2.45, 2.75) is 0 Å². The van der Waals surface area contributed by atoms with Crippen LogP contribution in [-0.4, -0.2) is 67.3 Å². The van der Waals surface area contributed by atoms with Crippen LogP contribution in [0.4, 0.5) is 0 Å². The van der Waals surface area contributed by atoms with Crippen LogP contribution in [0, 0.1) is 36.5 Å². The van der Waals surface area contributed by atoms with Gasteiger partial charge in [0.15, 0.2) is 23.3 Å². The van der Waals surface area contributed by atoms with E-state index < -0.39 is 0 Å². The molecule has 0 spiro atoms. The number of fused-ring (bicyclic) bond motifs is 19. The first kappa shape index (κ1) is 83.8. The Morgan fingerprint density at radius 1 is 0.155 bits per heavy atom. The largest absolute Gasteiger partial charge is 0.309 e. The van der Waals surface area contributed by atoms with Crippen LogP contribution < -0.4 is 0 Å². The molecule has 9 heterocycles. The summed E-state index contributed by atoms with van der Waals surface area (Å²) in [6.45, 7) is 0. The van der Waals surface area contributed by atoms with Gasteiger partial charge in [-0.25, -0.2) is 19.9 Å². The number of benzene rings is 19. The third-order valence-corrected chi connectivity index (χ3v) is 26.5. The SMILES string of the molecule is C#CC#CC#C.c1ccc(-c2cc(-c3ccccc3)nc(-n3c4ccccc4c4cc5c6ccccc6n(-c6ccccc6)c5cc43)n2)cc1.c1ccc(-c2nc(-c3ccc4ccccc4c3)nc(-n3c4ccccc4c4cc5c6ccccc6n(-c6ccccc6)c5cc43)n2)cc1.c1ccc(-c2nc(-c3ccccc3)nc(-n3c4ccccc4c4cc5c6ccccc6n(-c6ccccc6)c5cc43)n2)cc1. The highest BCUT2D eigenvalue weighted by molar-refractivity contribution is 6.22. The maximum atomic E-state index is 5.22. The van der Waals surface area contributed by atoms with Gasteiger partial charge in [-0.1, -0.05) is 352 Å². The van der Waals surface area contributed by atoms with Gasteiger partial charge in [-0.15, -0.1) is 12.8 Å². The second-order valence-electron chi connectivity index (χ2n) is 34.7. The molecule has 0 fully saturated rings. The molecule has 14 heteroatoms. The Kier molecular flexibility index (Phi) is 21.3. The third-order valence-electron chi connectivity index (χ3n) is 26.5. The summed E-state index contributed by atoms with van der Waals surface area (Å²) in [5.41, 5.74) is 24.3. The predicted octanol–water partition coefficient (Wildman–Crippen LogP) is 30.2. The highest BCUT2D eigenvalue weighted by Crippen LogP contribution is 2.45. The number of aromatic nitrogens is 14. The van der Waals surface area contributed by atoms with E-state index in [-0.39, 0.29) is 0 Å². The van der Waals surface area contributed by atoms with Crippen LogP contribution in [0.5, 0.6) is 0 Å².